The second-order valence-electron chi connectivity index (χ2n) is 6.94. The minimum Gasteiger partial charge on any atom is -0.324 e. The van der Waals surface area contributed by atoms with E-state index in [-0.39, 0.29) is 11.8 Å². The number of benzene rings is 2. The van der Waals surface area contributed by atoms with Crippen LogP contribution in [0.15, 0.2) is 98.0 Å². The molecule has 3 N–H and O–H groups in total. The molecule has 8 heteroatoms. The highest BCUT2D eigenvalue weighted by atomic mass is 16.2. The lowest BCUT2D eigenvalue weighted by Gasteiger charge is -2.10. The van der Waals surface area contributed by atoms with Crippen LogP contribution in [0.25, 0.3) is 11.3 Å². The van der Waals surface area contributed by atoms with Crippen molar-refractivity contribution in [2.45, 2.75) is 13.8 Å². The summed E-state index contributed by atoms with van der Waals surface area (Å²) in [5.74, 6) is -0.160. The summed E-state index contributed by atoms with van der Waals surface area (Å²) in [7, 11) is 0. The van der Waals surface area contributed by atoms with E-state index in [0.29, 0.717) is 22.9 Å². The lowest BCUT2D eigenvalue weighted by atomic mass is 10.2. The van der Waals surface area contributed by atoms with Crippen molar-refractivity contribution in [3.05, 3.63) is 104 Å². The Labute approximate surface area is 204 Å². The molecule has 0 aliphatic heterocycles. The Morgan fingerprint density at radius 3 is 2.34 bits per heavy atom. The molecule has 35 heavy (non-hydrogen) atoms. The summed E-state index contributed by atoms with van der Waals surface area (Å²) in [6.45, 7) is 7.41. The number of hydrogen-bond donors (Lipinski definition) is 3. The fourth-order valence-corrected chi connectivity index (χ4v) is 3.00. The van der Waals surface area contributed by atoms with Crippen LogP contribution in [0.5, 0.6) is 0 Å². The van der Waals surface area contributed by atoms with Crippen molar-refractivity contribution in [1.29, 1.82) is 0 Å². The van der Waals surface area contributed by atoms with Gasteiger partial charge in [0.05, 0.1) is 5.69 Å². The zero-order chi connectivity index (χ0) is 25.0. The standard InChI is InChI=1S/C25H20N6O2.C2H6/c1-2-23(32)28-19-10-8-17(9-11-19)24(33)29-20-6-3-7-21(15-20)30-25-27-14-12-22(31-25)18-5-4-13-26-16-18;1-2/h2-16H,1H2,(H,28,32)(H,29,33)(H,27,30,31);1-2H3. The number of nitrogens with zero attached hydrogens (tertiary/aromatic N) is 3. The number of hydrogen-bond acceptors (Lipinski definition) is 6. The van der Waals surface area contributed by atoms with Crippen molar-refractivity contribution in [2.75, 3.05) is 16.0 Å². The Morgan fingerprint density at radius 2 is 1.63 bits per heavy atom. The van der Waals surface area contributed by atoms with Crippen LogP contribution >= 0.6 is 0 Å². The number of pyridine rings is 1. The summed E-state index contributed by atoms with van der Waals surface area (Å²) >= 11 is 0. The molecule has 0 spiro atoms. The lowest BCUT2D eigenvalue weighted by molar-refractivity contribution is -0.111. The number of carbonyl (C=O) groups excluding carboxylic acids is 2. The third-order valence-corrected chi connectivity index (χ3v) is 4.59. The molecule has 0 unspecified atom stereocenters. The summed E-state index contributed by atoms with van der Waals surface area (Å²) in [4.78, 5) is 36.9. The molecule has 0 radical (unpaired) electrons. The first-order valence-corrected chi connectivity index (χ1v) is 11.1. The largest absolute Gasteiger partial charge is 0.324 e. The minimum atomic E-state index is -0.313. The number of carbonyl (C=O) groups is 2. The molecule has 2 aromatic carbocycles. The normalized spacial score (nSPS) is 9.77. The second-order valence-corrected chi connectivity index (χ2v) is 6.94. The third kappa shape index (κ3) is 7.06. The van der Waals surface area contributed by atoms with E-state index in [2.05, 4.69) is 37.5 Å². The van der Waals surface area contributed by atoms with Gasteiger partial charge in [0.25, 0.3) is 5.91 Å². The predicted octanol–water partition coefficient (Wildman–Crippen LogP) is 5.69. The highest BCUT2D eigenvalue weighted by Crippen LogP contribution is 2.21. The summed E-state index contributed by atoms with van der Waals surface area (Å²) in [5.41, 5.74) is 4.00. The topological polar surface area (TPSA) is 109 Å². The molecule has 8 nitrogen and oxygen atoms in total. The van der Waals surface area contributed by atoms with Gasteiger partial charge < -0.3 is 16.0 Å². The number of rotatable bonds is 7. The number of anilines is 4. The van der Waals surface area contributed by atoms with Gasteiger partial charge in [-0.05, 0) is 66.7 Å². The van der Waals surface area contributed by atoms with Gasteiger partial charge in [-0.1, -0.05) is 26.5 Å². The van der Waals surface area contributed by atoms with Crippen molar-refractivity contribution < 1.29 is 9.59 Å². The number of aromatic nitrogens is 3. The third-order valence-electron chi connectivity index (χ3n) is 4.59. The molecule has 0 saturated heterocycles. The number of nitrogens with one attached hydrogen (secondary N) is 3. The Hall–Kier alpha value is -4.85. The smallest absolute Gasteiger partial charge is 0.255 e. The molecule has 0 aliphatic rings. The van der Waals surface area contributed by atoms with Gasteiger partial charge in [0.2, 0.25) is 11.9 Å². The molecule has 0 aliphatic carbocycles. The molecule has 2 amide bonds. The van der Waals surface area contributed by atoms with Crippen LogP contribution in [0.3, 0.4) is 0 Å². The quantitative estimate of drug-likeness (QED) is 0.302. The van der Waals surface area contributed by atoms with Crippen LogP contribution in [0.4, 0.5) is 23.0 Å². The molecule has 4 aromatic rings. The van der Waals surface area contributed by atoms with Crippen LogP contribution in [0, 0.1) is 0 Å². The maximum absolute atomic E-state index is 12.6. The highest BCUT2D eigenvalue weighted by Gasteiger charge is 2.08. The molecule has 4 rings (SSSR count). The monoisotopic (exact) mass is 466 g/mol. The summed E-state index contributed by atoms with van der Waals surface area (Å²) < 4.78 is 0. The van der Waals surface area contributed by atoms with Crippen LogP contribution in [-0.2, 0) is 4.79 Å². The van der Waals surface area contributed by atoms with Gasteiger partial charge in [0, 0.05) is 46.8 Å². The van der Waals surface area contributed by atoms with Gasteiger partial charge in [-0.25, -0.2) is 9.97 Å². The SMILES string of the molecule is C=CC(=O)Nc1ccc(C(=O)Nc2cccc(Nc3nccc(-c4cccnc4)n3)c2)cc1.CC. The zero-order valence-electron chi connectivity index (χ0n) is 19.5. The van der Waals surface area contributed by atoms with E-state index < -0.39 is 0 Å². The predicted molar refractivity (Wildman–Crippen MR) is 140 cm³/mol. The van der Waals surface area contributed by atoms with Gasteiger partial charge in [0.1, 0.15) is 0 Å². The van der Waals surface area contributed by atoms with Gasteiger partial charge in [-0.15, -0.1) is 0 Å². The molecule has 2 heterocycles. The van der Waals surface area contributed by atoms with E-state index in [4.69, 9.17) is 0 Å². The first-order valence-electron chi connectivity index (χ1n) is 11.1. The second kappa shape index (κ2) is 12.4. The maximum atomic E-state index is 12.6. The van der Waals surface area contributed by atoms with Crippen LogP contribution in [0.1, 0.15) is 24.2 Å². The van der Waals surface area contributed by atoms with Gasteiger partial charge in [0.15, 0.2) is 0 Å². The van der Waals surface area contributed by atoms with E-state index in [1.165, 1.54) is 6.08 Å². The van der Waals surface area contributed by atoms with Crippen LogP contribution in [0.2, 0.25) is 0 Å². The van der Waals surface area contributed by atoms with E-state index in [1.54, 1.807) is 55.0 Å². The molecule has 176 valence electrons. The molecule has 2 aromatic heterocycles. The fraction of sp³-hybridized carbons (Fsp3) is 0.0741. The summed E-state index contributed by atoms with van der Waals surface area (Å²) in [6.07, 6.45) is 6.30. The van der Waals surface area contributed by atoms with E-state index in [9.17, 15) is 9.59 Å². The van der Waals surface area contributed by atoms with Gasteiger partial charge in [-0.2, -0.15) is 0 Å². The highest BCUT2D eigenvalue weighted by molar-refractivity contribution is 6.05. The van der Waals surface area contributed by atoms with Crippen molar-refractivity contribution in [3.63, 3.8) is 0 Å². The average Bonchev–Trinajstić information content (AvgIpc) is 2.91. The van der Waals surface area contributed by atoms with E-state index in [0.717, 1.165) is 16.9 Å². The summed E-state index contributed by atoms with van der Waals surface area (Å²) in [5, 5.41) is 8.66. The van der Waals surface area contributed by atoms with Crippen molar-refractivity contribution in [1.82, 2.24) is 15.0 Å². The zero-order valence-corrected chi connectivity index (χ0v) is 19.5. The first kappa shape index (κ1) is 24.8. The van der Waals surface area contributed by atoms with Gasteiger partial charge >= 0.3 is 0 Å². The van der Waals surface area contributed by atoms with Crippen LogP contribution in [-0.4, -0.2) is 26.8 Å². The minimum absolute atomic E-state index is 0.274. The van der Waals surface area contributed by atoms with Crippen molar-refractivity contribution in [3.8, 4) is 11.3 Å². The Kier molecular flexibility index (Phi) is 8.79. The van der Waals surface area contributed by atoms with Crippen LogP contribution < -0.4 is 16.0 Å². The lowest BCUT2D eigenvalue weighted by Crippen LogP contribution is -2.12. The molecular formula is C27H26N6O2. The molecule has 0 atom stereocenters. The van der Waals surface area contributed by atoms with E-state index >= 15 is 0 Å². The maximum Gasteiger partial charge on any atom is 0.255 e. The van der Waals surface area contributed by atoms with Crippen molar-refractivity contribution >= 4 is 34.8 Å². The average molecular weight is 467 g/mol. The molecule has 0 saturated carbocycles. The fourth-order valence-electron chi connectivity index (χ4n) is 3.00. The Morgan fingerprint density at radius 1 is 0.857 bits per heavy atom. The van der Waals surface area contributed by atoms with Crippen molar-refractivity contribution in [2.24, 2.45) is 0 Å². The molecular weight excluding hydrogens is 440 g/mol. The van der Waals surface area contributed by atoms with Gasteiger partial charge in [-0.3, -0.25) is 14.6 Å². The Bertz CT molecular complexity index is 1290. The summed E-state index contributed by atoms with van der Waals surface area (Å²) in [6, 6.07) is 19.4. The molecule has 0 bridgehead atoms. The number of amides is 2. The first-order chi connectivity index (χ1) is 17.1. The molecule has 0 fully saturated rings. The Balaban J connectivity index is 0.00000167. The van der Waals surface area contributed by atoms with E-state index in [1.807, 2.05) is 44.2 Å².